The molecule has 0 spiro atoms. The summed E-state index contributed by atoms with van der Waals surface area (Å²) in [6.07, 6.45) is 1.95. The van der Waals surface area contributed by atoms with Crippen LogP contribution in [0.25, 0.3) is 0 Å². The lowest BCUT2D eigenvalue weighted by Crippen LogP contribution is -2.48. The summed E-state index contributed by atoms with van der Waals surface area (Å²) in [5, 5.41) is 9.64. The molecule has 22 heavy (non-hydrogen) atoms. The van der Waals surface area contributed by atoms with E-state index in [-0.39, 0.29) is 5.82 Å². The van der Waals surface area contributed by atoms with Crippen molar-refractivity contribution >= 4 is 5.97 Å². The van der Waals surface area contributed by atoms with Crippen LogP contribution < -0.4 is 0 Å². The largest absolute Gasteiger partial charge is 0.481 e. The van der Waals surface area contributed by atoms with Crippen molar-refractivity contribution in [1.29, 1.82) is 0 Å². The summed E-state index contributed by atoms with van der Waals surface area (Å²) in [7, 11) is 1.58. The first-order valence-corrected chi connectivity index (χ1v) is 7.66. The highest BCUT2D eigenvalue weighted by Gasteiger charge is 2.42. The van der Waals surface area contributed by atoms with Gasteiger partial charge in [0.1, 0.15) is 5.82 Å². The maximum atomic E-state index is 13.9. The van der Waals surface area contributed by atoms with Gasteiger partial charge < -0.3 is 9.84 Å². The molecule has 122 valence electrons. The molecular formula is C17H24FNO3. The molecule has 1 fully saturated rings. The van der Waals surface area contributed by atoms with E-state index in [9.17, 15) is 14.3 Å². The number of hydrogen-bond donors (Lipinski definition) is 1. The number of methoxy groups -OCH3 is 1. The van der Waals surface area contributed by atoms with Gasteiger partial charge in [-0.1, -0.05) is 17.7 Å². The Morgan fingerprint density at radius 1 is 1.50 bits per heavy atom. The third kappa shape index (κ3) is 3.84. The molecule has 1 aromatic carbocycles. The van der Waals surface area contributed by atoms with Crippen molar-refractivity contribution in [3.63, 3.8) is 0 Å². The predicted octanol–water partition coefficient (Wildman–Crippen LogP) is 2.84. The van der Waals surface area contributed by atoms with Gasteiger partial charge in [-0.2, -0.15) is 0 Å². The Balaban J connectivity index is 2.12. The van der Waals surface area contributed by atoms with Gasteiger partial charge in [0.15, 0.2) is 0 Å². The Labute approximate surface area is 130 Å². The summed E-state index contributed by atoms with van der Waals surface area (Å²) in [4.78, 5) is 13.8. The maximum Gasteiger partial charge on any atom is 0.311 e. The summed E-state index contributed by atoms with van der Waals surface area (Å²) >= 11 is 0. The minimum Gasteiger partial charge on any atom is -0.481 e. The van der Waals surface area contributed by atoms with E-state index in [0.717, 1.165) is 18.5 Å². The Bertz CT molecular complexity index is 535. The molecule has 0 saturated carbocycles. The number of halogens is 1. The molecule has 1 aromatic rings. The standard InChI is InChI=1S/C17H24FNO3/c1-13-4-5-15(18)14(10-13)11-19-8-3-6-17(12-19,16(20)21)7-9-22-2/h4-5,10H,3,6-9,11-12H2,1-2H3,(H,20,21)/t17-/m1/s1. The van der Waals surface area contributed by atoms with Crippen LogP contribution in [-0.4, -0.2) is 42.8 Å². The van der Waals surface area contributed by atoms with Gasteiger partial charge in [0, 0.05) is 32.4 Å². The second-order valence-corrected chi connectivity index (χ2v) is 6.24. The average molecular weight is 309 g/mol. The summed E-state index contributed by atoms with van der Waals surface area (Å²) in [5.41, 5.74) is 0.861. The van der Waals surface area contributed by atoms with Crippen LogP contribution in [-0.2, 0) is 16.1 Å². The third-order valence-corrected chi connectivity index (χ3v) is 4.49. The first kappa shape index (κ1) is 16.9. The zero-order valence-corrected chi connectivity index (χ0v) is 13.3. The summed E-state index contributed by atoms with van der Waals surface area (Å²) in [6.45, 7) is 4.06. The van der Waals surface area contributed by atoms with Crippen LogP contribution in [0.2, 0.25) is 0 Å². The number of hydrogen-bond acceptors (Lipinski definition) is 3. The first-order valence-electron chi connectivity index (χ1n) is 7.66. The van der Waals surface area contributed by atoms with E-state index in [1.807, 2.05) is 17.9 Å². The van der Waals surface area contributed by atoms with Crippen LogP contribution in [0, 0.1) is 18.2 Å². The molecule has 1 aliphatic rings. The smallest absolute Gasteiger partial charge is 0.311 e. The maximum absolute atomic E-state index is 13.9. The quantitative estimate of drug-likeness (QED) is 0.878. The van der Waals surface area contributed by atoms with Crippen LogP contribution >= 0.6 is 0 Å². The molecule has 0 radical (unpaired) electrons. The summed E-state index contributed by atoms with van der Waals surface area (Å²) in [6, 6.07) is 5.06. The van der Waals surface area contributed by atoms with Gasteiger partial charge in [-0.05, 0) is 38.8 Å². The molecule has 0 aliphatic carbocycles. The van der Waals surface area contributed by atoms with Gasteiger partial charge in [0.2, 0.25) is 0 Å². The number of piperidine rings is 1. The zero-order valence-electron chi connectivity index (χ0n) is 13.3. The van der Waals surface area contributed by atoms with E-state index < -0.39 is 11.4 Å². The van der Waals surface area contributed by atoms with Gasteiger partial charge in [0.25, 0.3) is 0 Å². The normalized spacial score (nSPS) is 22.7. The van der Waals surface area contributed by atoms with Crippen LogP contribution in [0.5, 0.6) is 0 Å². The van der Waals surface area contributed by atoms with Gasteiger partial charge in [-0.25, -0.2) is 4.39 Å². The predicted molar refractivity (Wildman–Crippen MR) is 82.2 cm³/mol. The zero-order chi connectivity index (χ0) is 16.2. The van der Waals surface area contributed by atoms with E-state index in [4.69, 9.17) is 4.74 Å². The highest BCUT2D eigenvalue weighted by atomic mass is 19.1. The van der Waals surface area contributed by atoms with Crippen molar-refractivity contribution < 1.29 is 19.0 Å². The van der Waals surface area contributed by atoms with Crippen LogP contribution in [0.1, 0.15) is 30.4 Å². The molecule has 5 heteroatoms. The molecule has 1 saturated heterocycles. The van der Waals surface area contributed by atoms with Crippen molar-refractivity contribution in [3.05, 3.63) is 35.1 Å². The Hall–Kier alpha value is -1.46. The molecule has 0 amide bonds. The van der Waals surface area contributed by atoms with E-state index >= 15 is 0 Å². The highest BCUT2D eigenvalue weighted by Crippen LogP contribution is 2.34. The monoisotopic (exact) mass is 309 g/mol. The molecular weight excluding hydrogens is 285 g/mol. The second kappa shape index (κ2) is 7.20. The fourth-order valence-electron chi connectivity index (χ4n) is 3.21. The van der Waals surface area contributed by atoms with Crippen molar-refractivity contribution in [1.82, 2.24) is 4.90 Å². The topological polar surface area (TPSA) is 49.8 Å². The van der Waals surface area contributed by atoms with Gasteiger partial charge in [-0.15, -0.1) is 0 Å². The molecule has 0 aromatic heterocycles. The molecule has 0 unspecified atom stereocenters. The minimum absolute atomic E-state index is 0.228. The van der Waals surface area contributed by atoms with Crippen molar-refractivity contribution in [3.8, 4) is 0 Å². The Kier molecular flexibility index (Phi) is 5.53. The number of nitrogens with zero attached hydrogens (tertiary/aromatic N) is 1. The number of carboxylic acids is 1. The SMILES string of the molecule is COCC[C@]1(C(=O)O)CCCN(Cc2cc(C)ccc2F)C1. The highest BCUT2D eigenvalue weighted by molar-refractivity contribution is 5.75. The van der Waals surface area contributed by atoms with Crippen molar-refractivity contribution in [2.75, 3.05) is 26.8 Å². The number of ether oxygens (including phenoxy) is 1. The number of aliphatic carboxylic acids is 1. The molecule has 1 N–H and O–H groups in total. The lowest BCUT2D eigenvalue weighted by Gasteiger charge is -2.40. The molecule has 4 nitrogen and oxygen atoms in total. The van der Waals surface area contributed by atoms with Crippen LogP contribution in [0.15, 0.2) is 18.2 Å². The number of benzene rings is 1. The number of aryl methyl sites for hydroxylation is 1. The van der Waals surface area contributed by atoms with E-state index in [0.29, 0.717) is 38.1 Å². The van der Waals surface area contributed by atoms with E-state index in [2.05, 4.69) is 0 Å². The third-order valence-electron chi connectivity index (χ3n) is 4.49. The van der Waals surface area contributed by atoms with Gasteiger partial charge >= 0.3 is 5.97 Å². The number of carboxylic acid groups (broad SMARTS) is 1. The lowest BCUT2D eigenvalue weighted by atomic mass is 9.77. The van der Waals surface area contributed by atoms with Crippen molar-refractivity contribution in [2.45, 2.75) is 32.7 Å². The minimum atomic E-state index is -0.783. The lowest BCUT2D eigenvalue weighted by molar-refractivity contribution is -0.154. The van der Waals surface area contributed by atoms with Crippen LogP contribution in [0.4, 0.5) is 4.39 Å². The van der Waals surface area contributed by atoms with E-state index in [1.165, 1.54) is 6.07 Å². The fraction of sp³-hybridized carbons (Fsp3) is 0.588. The first-order chi connectivity index (χ1) is 10.5. The van der Waals surface area contributed by atoms with Crippen molar-refractivity contribution in [2.24, 2.45) is 5.41 Å². The Morgan fingerprint density at radius 3 is 2.95 bits per heavy atom. The molecule has 1 heterocycles. The van der Waals surface area contributed by atoms with E-state index in [1.54, 1.807) is 13.2 Å². The average Bonchev–Trinajstić information content (AvgIpc) is 2.49. The number of rotatable bonds is 6. The second-order valence-electron chi connectivity index (χ2n) is 6.24. The molecule has 1 atom stereocenters. The number of likely N-dealkylation sites (tertiary alicyclic amines) is 1. The van der Waals surface area contributed by atoms with Gasteiger partial charge in [0.05, 0.1) is 5.41 Å². The summed E-state index contributed by atoms with van der Waals surface area (Å²) < 4.78 is 19.0. The molecule has 1 aliphatic heterocycles. The Morgan fingerprint density at radius 2 is 2.27 bits per heavy atom. The van der Waals surface area contributed by atoms with Gasteiger partial charge in [-0.3, -0.25) is 9.69 Å². The molecule has 2 rings (SSSR count). The summed E-state index contributed by atoms with van der Waals surface area (Å²) in [5.74, 6) is -1.01. The fourth-order valence-corrected chi connectivity index (χ4v) is 3.21. The molecule has 0 bridgehead atoms. The van der Waals surface area contributed by atoms with Crippen LogP contribution in [0.3, 0.4) is 0 Å². The number of carbonyl (C=O) groups is 1.